The molecule has 1 N–H and O–H groups in total. The fraction of sp³-hybridized carbons (Fsp3) is 0.0800. The Kier molecular flexibility index (Phi) is 7.31. The smallest absolute Gasteiger partial charge is 0.270 e. The van der Waals surface area contributed by atoms with Crippen LogP contribution in [0, 0.1) is 12.7 Å². The van der Waals surface area contributed by atoms with E-state index in [2.05, 4.69) is 5.32 Å². The molecule has 3 aromatic carbocycles. The number of ether oxygens (including phenoxy) is 1. The van der Waals surface area contributed by atoms with Gasteiger partial charge in [0.2, 0.25) is 0 Å². The van der Waals surface area contributed by atoms with Gasteiger partial charge in [-0.25, -0.2) is 4.39 Å². The maximum absolute atomic E-state index is 13.5. The molecule has 0 spiro atoms. The molecule has 1 saturated heterocycles. The summed E-state index contributed by atoms with van der Waals surface area (Å²) in [6.45, 7) is 1.82. The number of nitrogens with one attached hydrogen (secondary N) is 1. The number of thioether (sulfide) groups is 1. The number of carbonyl (C=O) groups excluding carboxylic acids is 2. The molecule has 2 amide bonds. The largest absolute Gasteiger partial charge is 0.484 e. The normalized spacial score (nSPS) is 14.6. The van der Waals surface area contributed by atoms with Crippen molar-refractivity contribution in [2.45, 2.75) is 6.92 Å². The van der Waals surface area contributed by atoms with Gasteiger partial charge in [0.05, 0.1) is 15.6 Å². The molecule has 0 aliphatic carbocycles. The topological polar surface area (TPSA) is 58.6 Å². The summed E-state index contributed by atoms with van der Waals surface area (Å²) in [7, 11) is 0. The molecule has 0 atom stereocenters. The van der Waals surface area contributed by atoms with Crippen LogP contribution in [0.5, 0.6) is 5.75 Å². The molecule has 0 aromatic heterocycles. The second kappa shape index (κ2) is 10.4. The quantitative estimate of drug-likeness (QED) is 0.314. The minimum absolute atomic E-state index is 0.0846. The Bertz CT molecular complexity index is 1310. The molecule has 1 fully saturated rings. The van der Waals surface area contributed by atoms with Crippen molar-refractivity contribution >= 4 is 69.2 Å². The summed E-state index contributed by atoms with van der Waals surface area (Å²) in [6, 6.07) is 18.5. The summed E-state index contributed by atoms with van der Waals surface area (Å²) >= 11 is 12.3. The van der Waals surface area contributed by atoms with Crippen molar-refractivity contribution in [3.8, 4) is 5.75 Å². The van der Waals surface area contributed by atoms with Gasteiger partial charge in [-0.1, -0.05) is 59.8 Å². The van der Waals surface area contributed by atoms with Crippen LogP contribution in [-0.2, 0) is 9.59 Å². The average Bonchev–Trinajstić information content (AvgIpc) is 3.08. The van der Waals surface area contributed by atoms with Crippen LogP contribution < -0.4 is 15.0 Å². The van der Waals surface area contributed by atoms with Crippen LogP contribution in [0.2, 0.25) is 5.02 Å². The van der Waals surface area contributed by atoms with Gasteiger partial charge in [-0.05, 0) is 66.6 Å². The van der Waals surface area contributed by atoms with Crippen LogP contribution >= 0.6 is 35.6 Å². The number of rotatable bonds is 6. The molecule has 1 aliphatic heterocycles. The lowest BCUT2D eigenvalue weighted by Gasteiger charge is -2.14. The highest BCUT2D eigenvalue weighted by molar-refractivity contribution is 8.27. The van der Waals surface area contributed by atoms with E-state index < -0.39 is 5.82 Å². The Morgan fingerprint density at radius 1 is 1.18 bits per heavy atom. The third-order valence-electron chi connectivity index (χ3n) is 4.80. The van der Waals surface area contributed by atoms with Crippen molar-refractivity contribution in [1.82, 2.24) is 0 Å². The number of aryl methyl sites for hydroxylation is 1. The number of carbonyl (C=O) groups is 2. The molecule has 0 bridgehead atoms. The number of halogens is 2. The zero-order chi connectivity index (χ0) is 24.2. The predicted octanol–water partition coefficient (Wildman–Crippen LogP) is 6.21. The van der Waals surface area contributed by atoms with E-state index in [0.717, 1.165) is 22.9 Å². The van der Waals surface area contributed by atoms with Crippen molar-refractivity contribution in [2.75, 3.05) is 16.8 Å². The van der Waals surface area contributed by atoms with E-state index in [0.29, 0.717) is 26.3 Å². The van der Waals surface area contributed by atoms with Crippen LogP contribution in [0.25, 0.3) is 6.08 Å². The molecular weight excluding hydrogens is 495 g/mol. The minimum atomic E-state index is -0.568. The van der Waals surface area contributed by atoms with Gasteiger partial charge in [0, 0.05) is 5.69 Å². The molecule has 0 saturated carbocycles. The molecule has 4 rings (SSSR count). The molecule has 34 heavy (non-hydrogen) atoms. The van der Waals surface area contributed by atoms with Gasteiger partial charge in [0.1, 0.15) is 11.6 Å². The van der Waals surface area contributed by atoms with Crippen LogP contribution in [0.15, 0.2) is 71.6 Å². The van der Waals surface area contributed by atoms with Crippen LogP contribution in [0.3, 0.4) is 0 Å². The Morgan fingerprint density at radius 2 is 1.94 bits per heavy atom. The molecule has 1 aliphatic rings. The van der Waals surface area contributed by atoms with Gasteiger partial charge in [-0.2, -0.15) is 0 Å². The number of amides is 2. The number of hydrogen-bond donors (Lipinski definition) is 1. The molecular formula is C25H18ClFN2O3S2. The van der Waals surface area contributed by atoms with E-state index >= 15 is 0 Å². The molecule has 0 radical (unpaired) electrons. The summed E-state index contributed by atoms with van der Waals surface area (Å²) in [5, 5.41) is 2.70. The maximum Gasteiger partial charge on any atom is 0.270 e. The van der Waals surface area contributed by atoms with Crippen molar-refractivity contribution in [2.24, 2.45) is 0 Å². The number of thiocarbonyl (C=S) groups is 1. The highest BCUT2D eigenvalue weighted by Crippen LogP contribution is 2.37. The third-order valence-corrected chi connectivity index (χ3v) is 6.40. The first kappa shape index (κ1) is 23.9. The summed E-state index contributed by atoms with van der Waals surface area (Å²) in [5.41, 5.74) is 2.93. The highest BCUT2D eigenvalue weighted by atomic mass is 35.5. The summed E-state index contributed by atoms with van der Waals surface area (Å²) in [4.78, 5) is 26.7. The fourth-order valence-corrected chi connectivity index (χ4v) is 4.67. The SMILES string of the molecule is Cc1cccc(NC(=O)COc2ccc(/C=C3/SC(=S)N(c4ccc(F)c(Cl)c4)C3=O)cc2)c1. The number of nitrogens with zero attached hydrogens (tertiary/aromatic N) is 1. The van der Waals surface area contributed by atoms with Gasteiger partial charge in [0.25, 0.3) is 11.8 Å². The second-order valence-electron chi connectivity index (χ2n) is 7.39. The van der Waals surface area contributed by atoms with Crippen molar-refractivity contribution in [3.63, 3.8) is 0 Å². The molecule has 9 heteroatoms. The van der Waals surface area contributed by atoms with Gasteiger partial charge in [-0.15, -0.1) is 0 Å². The first-order valence-electron chi connectivity index (χ1n) is 10.1. The fourth-order valence-electron chi connectivity index (χ4n) is 3.19. The highest BCUT2D eigenvalue weighted by Gasteiger charge is 2.33. The average molecular weight is 513 g/mol. The van der Waals surface area contributed by atoms with E-state index in [-0.39, 0.29) is 23.4 Å². The van der Waals surface area contributed by atoms with E-state index in [1.54, 1.807) is 30.3 Å². The minimum Gasteiger partial charge on any atom is -0.484 e. The lowest BCUT2D eigenvalue weighted by atomic mass is 10.2. The van der Waals surface area contributed by atoms with Gasteiger partial charge >= 0.3 is 0 Å². The maximum atomic E-state index is 13.5. The lowest BCUT2D eigenvalue weighted by molar-refractivity contribution is -0.118. The molecule has 172 valence electrons. The van der Waals surface area contributed by atoms with E-state index in [1.807, 2.05) is 31.2 Å². The van der Waals surface area contributed by atoms with E-state index in [9.17, 15) is 14.0 Å². The van der Waals surface area contributed by atoms with Crippen molar-refractivity contribution in [3.05, 3.63) is 93.6 Å². The third kappa shape index (κ3) is 5.64. The molecule has 3 aromatic rings. The van der Waals surface area contributed by atoms with Gasteiger partial charge in [-0.3, -0.25) is 14.5 Å². The first-order chi connectivity index (χ1) is 16.3. The monoisotopic (exact) mass is 512 g/mol. The number of benzene rings is 3. The van der Waals surface area contributed by atoms with Crippen molar-refractivity contribution in [1.29, 1.82) is 0 Å². The summed E-state index contributed by atoms with van der Waals surface area (Å²) in [5.74, 6) is -0.628. The van der Waals surface area contributed by atoms with Crippen LogP contribution in [-0.4, -0.2) is 22.7 Å². The summed E-state index contributed by atoms with van der Waals surface area (Å²) in [6.07, 6.45) is 1.71. The predicted molar refractivity (Wildman–Crippen MR) is 139 cm³/mol. The van der Waals surface area contributed by atoms with Crippen LogP contribution in [0.1, 0.15) is 11.1 Å². The Morgan fingerprint density at radius 3 is 2.65 bits per heavy atom. The molecule has 0 unspecified atom stereocenters. The summed E-state index contributed by atoms with van der Waals surface area (Å²) < 4.78 is 19.4. The number of hydrogen-bond acceptors (Lipinski definition) is 5. The number of anilines is 2. The van der Waals surface area contributed by atoms with E-state index in [4.69, 9.17) is 28.6 Å². The lowest BCUT2D eigenvalue weighted by Crippen LogP contribution is -2.27. The zero-order valence-corrected chi connectivity index (χ0v) is 20.3. The second-order valence-corrected chi connectivity index (χ2v) is 9.47. The Hall–Kier alpha value is -3.20. The molecule has 5 nitrogen and oxygen atoms in total. The van der Waals surface area contributed by atoms with Gasteiger partial charge < -0.3 is 10.1 Å². The van der Waals surface area contributed by atoms with E-state index in [1.165, 1.54) is 23.1 Å². The Balaban J connectivity index is 1.38. The molecule has 1 heterocycles. The standard InChI is InChI=1S/C25H18ClFN2O3S2/c1-15-3-2-4-17(11-15)28-23(30)14-32-19-8-5-16(6-9-19)12-22-24(31)29(25(33)34-22)18-7-10-21(27)20(26)13-18/h2-13H,14H2,1H3,(H,28,30)/b22-12+. The zero-order valence-electron chi connectivity index (χ0n) is 17.9. The van der Waals surface area contributed by atoms with Crippen molar-refractivity contribution < 1.29 is 18.7 Å². The first-order valence-corrected chi connectivity index (χ1v) is 11.7. The Labute approximate surface area is 210 Å². The van der Waals surface area contributed by atoms with Gasteiger partial charge in [0.15, 0.2) is 10.9 Å². The van der Waals surface area contributed by atoms with Crippen LogP contribution in [0.4, 0.5) is 15.8 Å².